The second-order valence-corrected chi connectivity index (χ2v) is 9.09. The topological polar surface area (TPSA) is 90.9 Å². The maximum atomic E-state index is 13.0. The van der Waals surface area contributed by atoms with Gasteiger partial charge in [-0.25, -0.2) is 4.98 Å². The Morgan fingerprint density at radius 1 is 1.11 bits per heavy atom. The minimum atomic E-state index is -4.73. The molecule has 1 aromatic carbocycles. The van der Waals surface area contributed by atoms with Gasteiger partial charge in [-0.05, 0) is 38.0 Å². The molecule has 1 saturated heterocycles. The van der Waals surface area contributed by atoms with Crippen molar-refractivity contribution in [2.75, 3.05) is 42.9 Å². The van der Waals surface area contributed by atoms with Crippen LogP contribution in [0, 0.1) is 0 Å². The molecule has 0 bridgehead atoms. The highest BCUT2D eigenvalue weighted by atomic mass is 19.4. The number of carbonyl (C=O) groups is 2. The van der Waals surface area contributed by atoms with Gasteiger partial charge in [-0.15, -0.1) is 13.2 Å². The van der Waals surface area contributed by atoms with Gasteiger partial charge in [-0.1, -0.05) is 12.1 Å². The van der Waals surface area contributed by atoms with Gasteiger partial charge in [0.1, 0.15) is 17.3 Å². The van der Waals surface area contributed by atoms with Gasteiger partial charge < -0.3 is 24.8 Å². The van der Waals surface area contributed by atoms with Gasteiger partial charge in [0.2, 0.25) is 11.9 Å². The van der Waals surface area contributed by atoms with Gasteiger partial charge in [-0.3, -0.25) is 9.59 Å². The molecule has 0 saturated carbocycles. The zero-order chi connectivity index (χ0) is 26.0. The first kappa shape index (κ1) is 25.5. The van der Waals surface area contributed by atoms with Crippen molar-refractivity contribution in [3.8, 4) is 5.75 Å². The highest BCUT2D eigenvalue weighted by molar-refractivity contribution is 5.98. The molecular formula is C24H29F3N6O3. The molecule has 0 radical (unpaired) electrons. The molecule has 36 heavy (non-hydrogen) atoms. The SMILES string of the molecule is CC(=O)N1CCN(c2nc(NCCc3ccc(OC(F)(F)F)cc3)c3c(n2)C(=O)N(C(C)C)C3)CC1. The maximum Gasteiger partial charge on any atom is 0.573 e. The largest absolute Gasteiger partial charge is 0.573 e. The lowest BCUT2D eigenvalue weighted by Crippen LogP contribution is -2.48. The molecule has 0 aliphatic carbocycles. The van der Waals surface area contributed by atoms with Gasteiger partial charge >= 0.3 is 6.36 Å². The Hall–Kier alpha value is -3.57. The maximum absolute atomic E-state index is 13.0. The van der Waals surface area contributed by atoms with Gasteiger partial charge in [0.15, 0.2) is 0 Å². The Kier molecular flexibility index (Phi) is 7.23. The summed E-state index contributed by atoms with van der Waals surface area (Å²) in [5.41, 5.74) is 1.93. The molecule has 0 spiro atoms. The molecule has 9 nitrogen and oxygen atoms in total. The number of rotatable bonds is 7. The smallest absolute Gasteiger partial charge is 0.406 e. The number of ether oxygens (including phenoxy) is 1. The molecule has 1 aromatic heterocycles. The van der Waals surface area contributed by atoms with Crippen LogP contribution >= 0.6 is 0 Å². The first-order valence-electron chi connectivity index (χ1n) is 11.8. The average molecular weight is 507 g/mol. The van der Waals surface area contributed by atoms with Crippen LogP contribution in [0.4, 0.5) is 24.9 Å². The van der Waals surface area contributed by atoms with E-state index in [1.54, 1.807) is 28.9 Å². The van der Waals surface area contributed by atoms with E-state index in [2.05, 4.69) is 15.0 Å². The normalized spacial score (nSPS) is 16.0. The predicted molar refractivity (Wildman–Crippen MR) is 127 cm³/mol. The van der Waals surface area contributed by atoms with Crippen molar-refractivity contribution in [3.05, 3.63) is 41.1 Å². The van der Waals surface area contributed by atoms with Crippen LogP contribution in [0.1, 0.15) is 42.4 Å². The van der Waals surface area contributed by atoms with Crippen LogP contribution in [0.15, 0.2) is 24.3 Å². The molecule has 194 valence electrons. The number of halogens is 3. The Balaban J connectivity index is 1.49. The highest BCUT2D eigenvalue weighted by Crippen LogP contribution is 2.31. The lowest BCUT2D eigenvalue weighted by molar-refractivity contribution is -0.274. The molecule has 1 N–H and O–H groups in total. The number of anilines is 2. The fourth-order valence-electron chi connectivity index (χ4n) is 4.29. The van der Waals surface area contributed by atoms with Crippen molar-refractivity contribution < 1.29 is 27.5 Å². The predicted octanol–water partition coefficient (Wildman–Crippen LogP) is 3.06. The molecule has 0 atom stereocenters. The molecule has 1 fully saturated rings. The van der Waals surface area contributed by atoms with Gasteiger partial charge in [0, 0.05) is 51.3 Å². The van der Waals surface area contributed by atoms with E-state index in [0.717, 1.165) is 11.1 Å². The van der Waals surface area contributed by atoms with Crippen molar-refractivity contribution in [3.63, 3.8) is 0 Å². The number of nitrogens with one attached hydrogen (secondary N) is 1. The van der Waals surface area contributed by atoms with E-state index in [1.165, 1.54) is 12.1 Å². The number of benzene rings is 1. The summed E-state index contributed by atoms with van der Waals surface area (Å²) in [6.45, 7) is 8.51. The quantitative estimate of drug-likeness (QED) is 0.617. The van der Waals surface area contributed by atoms with Crippen LogP contribution in [0.5, 0.6) is 5.75 Å². The molecule has 2 aliphatic rings. The fraction of sp³-hybridized carbons (Fsp3) is 0.500. The lowest BCUT2D eigenvalue weighted by atomic mass is 10.1. The summed E-state index contributed by atoms with van der Waals surface area (Å²) in [7, 11) is 0. The van der Waals surface area contributed by atoms with E-state index in [4.69, 9.17) is 4.98 Å². The number of hydrogen-bond donors (Lipinski definition) is 1. The van der Waals surface area contributed by atoms with Crippen LogP contribution in [-0.4, -0.2) is 76.7 Å². The molecule has 2 aliphatic heterocycles. The number of piperazine rings is 1. The number of carbonyl (C=O) groups excluding carboxylic acids is 2. The van der Waals surface area contributed by atoms with Gasteiger partial charge in [0.25, 0.3) is 5.91 Å². The number of nitrogens with zero attached hydrogens (tertiary/aromatic N) is 5. The van der Waals surface area contributed by atoms with Crippen LogP contribution in [0.3, 0.4) is 0 Å². The lowest BCUT2D eigenvalue weighted by Gasteiger charge is -2.34. The third-order valence-electron chi connectivity index (χ3n) is 6.28. The van der Waals surface area contributed by atoms with E-state index in [0.29, 0.717) is 63.1 Å². The Bertz CT molecular complexity index is 1120. The second kappa shape index (κ2) is 10.2. The number of aromatic nitrogens is 2. The molecule has 3 heterocycles. The van der Waals surface area contributed by atoms with Crippen molar-refractivity contribution in [2.45, 2.75) is 46.1 Å². The fourth-order valence-corrected chi connectivity index (χ4v) is 4.29. The molecule has 2 aromatic rings. The van der Waals surface area contributed by atoms with Crippen LogP contribution < -0.4 is 15.0 Å². The Morgan fingerprint density at radius 3 is 2.36 bits per heavy atom. The summed E-state index contributed by atoms with van der Waals surface area (Å²) in [4.78, 5) is 39.5. The average Bonchev–Trinajstić information content (AvgIpc) is 3.16. The Labute approximate surface area is 207 Å². The van der Waals surface area contributed by atoms with Crippen molar-refractivity contribution >= 4 is 23.6 Å². The van der Waals surface area contributed by atoms with E-state index >= 15 is 0 Å². The van der Waals surface area contributed by atoms with Crippen molar-refractivity contribution in [2.24, 2.45) is 0 Å². The van der Waals surface area contributed by atoms with E-state index in [-0.39, 0.29) is 23.6 Å². The second-order valence-electron chi connectivity index (χ2n) is 9.09. The zero-order valence-electron chi connectivity index (χ0n) is 20.4. The van der Waals surface area contributed by atoms with Crippen LogP contribution in [0.2, 0.25) is 0 Å². The molecule has 4 rings (SSSR count). The number of amides is 2. The minimum absolute atomic E-state index is 0.000423. The third-order valence-corrected chi connectivity index (χ3v) is 6.28. The summed E-state index contributed by atoms with van der Waals surface area (Å²) < 4.78 is 41.0. The zero-order valence-corrected chi connectivity index (χ0v) is 20.4. The molecule has 0 unspecified atom stereocenters. The number of alkyl halides is 3. The molecule has 2 amide bonds. The summed E-state index contributed by atoms with van der Waals surface area (Å²) in [5, 5.41) is 3.30. The highest BCUT2D eigenvalue weighted by Gasteiger charge is 2.35. The van der Waals surface area contributed by atoms with Crippen molar-refractivity contribution in [1.82, 2.24) is 19.8 Å². The van der Waals surface area contributed by atoms with Crippen molar-refractivity contribution in [1.29, 1.82) is 0 Å². The Morgan fingerprint density at radius 2 is 1.78 bits per heavy atom. The first-order valence-corrected chi connectivity index (χ1v) is 11.8. The molecular weight excluding hydrogens is 477 g/mol. The first-order chi connectivity index (χ1) is 17.0. The third kappa shape index (κ3) is 5.80. The summed E-state index contributed by atoms with van der Waals surface area (Å²) in [5.74, 6) is 0.612. The summed E-state index contributed by atoms with van der Waals surface area (Å²) in [6.07, 6.45) is -4.20. The monoisotopic (exact) mass is 506 g/mol. The van der Waals surface area contributed by atoms with Gasteiger partial charge in [0.05, 0.1) is 6.54 Å². The number of hydrogen-bond acceptors (Lipinski definition) is 7. The van der Waals surface area contributed by atoms with Crippen LogP contribution in [-0.2, 0) is 17.8 Å². The van der Waals surface area contributed by atoms with E-state index < -0.39 is 6.36 Å². The summed E-state index contributed by atoms with van der Waals surface area (Å²) in [6, 6.07) is 5.72. The standard InChI is InChI=1S/C24H29F3N6O3/c1-15(2)33-14-19-20(22(33)35)29-23(32-12-10-31(11-13-32)16(3)34)30-21(19)28-9-8-17-4-6-18(7-5-17)36-24(25,26)27/h4-7,15H,8-14H2,1-3H3,(H,28,29,30). The summed E-state index contributed by atoms with van der Waals surface area (Å²) >= 11 is 0. The minimum Gasteiger partial charge on any atom is -0.406 e. The van der Waals surface area contributed by atoms with E-state index in [9.17, 15) is 22.8 Å². The van der Waals surface area contributed by atoms with Crippen LogP contribution in [0.25, 0.3) is 0 Å². The number of fused-ring (bicyclic) bond motifs is 1. The van der Waals surface area contributed by atoms with E-state index in [1.807, 2.05) is 18.7 Å². The molecule has 12 heteroatoms. The van der Waals surface area contributed by atoms with Gasteiger partial charge in [-0.2, -0.15) is 4.98 Å².